The van der Waals surface area contributed by atoms with Gasteiger partial charge in [-0.05, 0) is 11.8 Å². The number of nitrogens with two attached hydrogens (primary N) is 1. The lowest BCUT2D eigenvalue weighted by Crippen LogP contribution is -2.21. The zero-order valence-corrected chi connectivity index (χ0v) is 14.8. The second kappa shape index (κ2) is 6.96. The fourth-order valence-corrected chi connectivity index (χ4v) is 3.21. The molecule has 0 saturated carbocycles. The van der Waals surface area contributed by atoms with E-state index in [9.17, 15) is 4.89 Å². The van der Waals surface area contributed by atoms with Crippen molar-refractivity contribution in [2.24, 2.45) is 0 Å². The Morgan fingerprint density at radius 3 is 2.96 bits per heavy atom. The molecule has 1 aliphatic rings. The van der Waals surface area contributed by atoms with E-state index >= 15 is 0 Å². The van der Waals surface area contributed by atoms with Gasteiger partial charge in [0.2, 0.25) is 0 Å². The standard InChI is InChI=1S/C12H18N5O5PS/c1-19-8-3-7(4-21-23(18,24)20-2)22-12(8)17-6-16-9-10(13)14-5-15-11(9)17/h5-8,12H,3-4H2,1-2H3,(H,18,24)(H2,13,14,15)/t7-,8+,12+,23?/m0/s1. The van der Waals surface area contributed by atoms with E-state index in [-0.39, 0.29) is 18.8 Å². The van der Waals surface area contributed by atoms with Gasteiger partial charge >= 0.3 is 6.72 Å². The number of aromatic nitrogens is 4. The van der Waals surface area contributed by atoms with Crippen LogP contribution in [0.5, 0.6) is 0 Å². The number of rotatable bonds is 6. The van der Waals surface area contributed by atoms with E-state index < -0.39 is 12.9 Å². The highest BCUT2D eigenvalue weighted by Gasteiger charge is 2.38. The van der Waals surface area contributed by atoms with Crippen LogP contribution in [0.4, 0.5) is 5.82 Å². The number of nitrogen functional groups attached to an aromatic ring is 1. The largest absolute Gasteiger partial charge is 0.382 e. The first kappa shape index (κ1) is 17.6. The van der Waals surface area contributed by atoms with E-state index in [1.54, 1.807) is 18.0 Å². The molecule has 10 nitrogen and oxygen atoms in total. The average molecular weight is 375 g/mol. The van der Waals surface area contributed by atoms with Crippen molar-refractivity contribution in [1.29, 1.82) is 0 Å². The van der Waals surface area contributed by atoms with Crippen molar-refractivity contribution >= 4 is 35.5 Å². The molecule has 1 aliphatic heterocycles. The molecule has 2 aromatic rings. The highest BCUT2D eigenvalue weighted by molar-refractivity contribution is 8.07. The summed E-state index contributed by atoms with van der Waals surface area (Å²) in [4.78, 5) is 22.0. The number of methoxy groups -OCH3 is 1. The highest BCUT2D eigenvalue weighted by Crippen LogP contribution is 2.44. The summed E-state index contributed by atoms with van der Waals surface area (Å²) in [7, 11) is 2.90. The van der Waals surface area contributed by atoms with Gasteiger partial charge in [-0.3, -0.25) is 4.57 Å². The third-order valence-electron chi connectivity index (χ3n) is 3.76. The predicted octanol–water partition coefficient (Wildman–Crippen LogP) is 0.591. The molecule has 1 fully saturated rings. The van der Waals surface area contributed by atoms with Crippen LogP contribution >= 0.6 is 6.72 Å². The molecule has 132 valence electrons. The lowest BCUT2D eigenvalue weighted by Gasteiger charge is -2.19. The van der Waals surface area contributed by atoms with Crippen LogP contribution < -0.4 is 5.73 Å². The Labute approximate surface area is 143 Å². The van der Waals surface area contributed by atoms with Crippen LogP contribution in [0, 0.1) is 0 Å². The van der Waals surface area contributed by atoms with E-state index in [4.69, 9.17) is 36.1 Å². The summed E-state index contributed by atoms with van der Waals surface area (Å²) >= 11 is 4.81. The highest BCUT2D eigenvalue weighted by atomic mass is 32.5. The molecule has 0 spiro atoms. The molecule has 0 bridgehead atoms. The Morgan fingerprint density at radius 2 is 2.25 bits per heavy atom. The van der Waals surface area contributed by atoms with Gasteiger partial charge < -0.3 is 29.1 Å². The van der Waals surface area contributed by atoms with Crippen molar-refractivity contribution in [2.45, 2.75) is 24.9 Å². The number of hydrogen-bond donors (Lipinski definition) is 2. The first-order valence-corrected chi connectivity index (χ1v) is 9.68. The lowest BCUT2D eigenvalue weighted by molar-refractivity contribution is -0.0569. The summed E-state index contributed by atoms with van der Waals surface area (Å²) in [6, 6.07) is 0. The summed E-state index contributed by atoms with van der Waals surface area (Å²) in [6.45, 7) is -3.12. The third-order valence-corrected chi connectivity index (χ3v) is 5.46. The minimum Gasteiger partial charge on any atom is -0.382 e. The summed E-state index contributed by atoms with van der Waals surface area (Å²) in [5, 5.41) is 0. The van der Waals surface area contributed by atoms with Gasteiger partial charge in [0.25, 0.3) is 0 Å². The van der Waals surface area contributed by atoms with Crippen LogP contribution in [-0.4, -0.2) is 57.4 Å². The Morgan fingerprint density at radius 1 is 1.46 bits per heavy atom. The van der Waals surface area contributed by atoms with Gasteiger partial charge in [-0.25, -0.2) is 15.0 Å². The maximum Gasteiger partial charge on any atom is 0.324 e. The first-order valence-electron chi connectivity index (χ1n) is 7.09. The molecule has 1 saturated heterocycles. The van der Waals surface area contributed by atoms with Gasteiger partial charge in [-0.1, -0.05) is 0 Å². The Hall–Kier alpha value is -1.20. The molecule has 2 aromatic heterocycles. The molecule has 0 aliphatic carbocycles. The van der Waals surface area contributed by atoms with Crippen molar-refractivity contribution < 1.29 is 23.4 Å². The van der Waals surface area contributed by atoms with Crippen molar-refractivity contribution in [2.75, 3.05) is 26.6 Å². The fraction of sp³-hybridized carbons (Fsp3) is 0.583. The topological polar surface area (TPSA) is 127 Å². The molecule has 0 radical (unpaired) electrons. The van der Waals surface area contributed by atoms with Crippen LogP contribution in [0.15, 0.2) is 12.7 Å². The van der Waals surface area contributed by atoms with Crippen molar-refractivity contribution in [3.8, 4) is 0 Å². The number of imidazole rings is 1. The maximum atomic E-state index is 9.68. The average Bonchev–Trinajstić information content (AvgIpc) is 3.17. The molecule has 3 rings (SSSR count). The van der Waals surface area contributed by atoms with E-state index in [0.29, 0.717) is 23.4 Å². The molecule has 0 amide bonds. The molecule has 3 heterocycles. The summed E-state index contributed by atoms with van der Waals surface area (Å²) in [5.41, 5.74) is 6.86. The minimum atomic E-state index is -3.22. The molecular formula is C12H18N5O5PS. The lowest BCUT2D eigenvalue weighted by atomic mass is 10.2. The van der Waals surface area contributed by atoms with Crippen LogP contribution in [0.25, 0.3) is 11.2 Å². The summed E-state index contributed by atoms with van der Waals surface area (Å²) in [5.74, 6) is 0.298. The Bertz CT molecular complexity index is 773. The van der Waals surface area contributed by atoms with Gasteiger partial charge in [0, 0.05) is 20.6 Å². The summed E-state index contributed by atoms with van der Waals surface area (Å²) in [6.07, 6.45) is 2.49. The van der Waals surface area contributed by atoms with Crippen molar-refractivity contribution in [3.63, 3.8) is 0 Å². The van der Waals surface area contributed by atoms with Crippen LogP contribution in [0.3, 0.4) is 0 Å². The van der Waals surface area contributed by atoms with E-state index in [0.717, 1.165) is 0 Å². The van der Waals surface area contributed by atoms with Gasteiger partial charge in [-0.15, -0.1) is 0 Å². The number of ether oxygens (including phenoxy) is 2. The quantitative estimate of drug-likeness (QED) is 0.693. The number of nitrogens with zero attached hydrogens (tertiary/aromatic N) is 4. The Kier molecular flexibility index (Phi) is 5.11. The molecular weight excluding hydrogens is 357 g/mol. The van der Waals surface area contributed by atoms with E-state index in [1.165, 1.54) is 13.4 Å². The monoisotopic (exact) mass is 375 g/mol. The second-order valence-electron chi connectivity index (χ2n) is 5.19. The van der Waals surface area contributed by atoms with Crippen molar-refractivity contribution in [3.05, 3.63) is 12.7 Å². The second-order valence-corrected chi connectivity index (χ2v) is 8.13. The molecule has 12 heteroatoms. The Balaban J connectivity index is 1.79. The molecule has 0 aromatic carbocycles. The smallest absolute Gasteiger partial charge is 0.324 e. The predicted molar refractivity (Wildman–Crippen MR) is 88.5 cm³/mol. The van der Waals surface area contributed by atoms with Gasteiger partial charge in [-0.2, -0.15) is 0 Å². The van der Waals surface area contributed by atoms with Gasteiger partial charge in [0.15, 0.2) is 17.7 Å². The van der Waals surface area contributed by atoms with E-state index in [2.05, 4.69) is 15.0 Å². The van der Waals surface area contributed by atoms with Crippen LogP contribution in [0.1, 0.15) is 12.6 Å². The molecule has 4 atom stereocenters. The minimum absolute atomic E-state index is 0.0989. The maximum absolute atomic E-state index is 9.68. The number of hydrogen-bond acceptors (Lipinski definition) is 9. The molecule has 3 N–H and O–H groups in total. The third kappa shape index (κ3) is 3.42. The molecule has 24 heavy (non-hydrogen) atoms. The van der Waals surface area contributed by atoms with Gasteiger partial charge in [0.1, 0.15) is 17.9 Å². The molecule has 1 unspecified atom stereocenters. The fourth-order valence-electron chi connectivity index (χ4n) is 2.57. The normalized spacial score (nSPS) is 26.7. The number of fused-ring (bicyclic) bond motifs is 1. The summed E-state index contributed by atoms with van der Waals surface area (Å²) < 4.78 is 23.2. The van der Waals surface area contributed by atoms with Crippen LogP contribution in [-0.2, 0) is 30.3 Å². The van der Waals surface area contributed by atoms with E-state index in [1.807, 2.05) is 0 Å². The first-order chi connectivity index (χ1) is 11.4. The van der Waals surface area contributed by atoms with Crippen molar-refractivity contribution in [1.82, 2.24) is 19.5 Å². The number of anilines is 1. The SMILES string of the molecule is CO[C@@H]1C[C@@H](COP(O)(=S)OC)O[C@H]1n1cnc2c(N)ncnc21. The van der Waals surface area contributed by atoms with Crippen LogP contribution in [0.2, 0.25) is 0 Å². The zero-order chi connectivity index (χ0) is 17.3. The van der Waals surface area contributed by atoms with Gasteiger partial charge in [0.05, 0.1) is 19.0 Å². The zero-order valence-electron chi connectivity index (χ0n) is 13.1.